The molecule has 0 saturated heterocycles. The minimum Gasteiger partial charge on any atom is -0.481 e. The van der Waals surface area contributed by atoms with Crippen LogP contribution >= 0.6 is 15.9 Å². The molecule has 1 aliphatic rings. The highest BCUT2D eigenvalue weighted by Gasteiger charge is 2.45. The van der Waals surface area contributed by atoms with E-state index in [2.05, 4.69) is 20.9 Å². The molecule has 2 atom stereocenters. The van der Waals surface area contributed by atoms with Crippen LogP contribution in [0.5, 0.6) is 0 Å². The molecule has 4 heteroatoms. The lowest BCUT2D eigenvalue weighted by Crippen LogP contribution is -1.99. The van der Waals surface area contributed by atoms with Gasteiger partial charge in [-0.1, -0.05) is 6.07 Å². The number of carbonyl (C=O) groups is 1. The molecule has 68 valence electrons. The summed E-state index contributed by atoms with van der Waals surface area (Å²) in [6.07, 6.45) is 0.721. The van der Waals surface area contributed by atoms with Crippen LogP contribution in [0, 0.1) is 5.92 Å². The molecule has 1 saturated carbocycles. The molecule has 0 aliphatic heterocycles. The van der Waals surface area contributed by atoms with Gasteiger partial charge in [0.25, 0.3) is 0 Å². The van der Waals surface area contributed by atoms with Gasteiger partial charge >= 0.3 is 5.97 Å². The Morgan fingerprint density at radius 2 is 2.38 bits per heavy atom. The summed E-state index contributed by atoms with van der Waals surface area (Å²) in [4.78, 5) is 14.8. The van der Waals surface area contributed by atoms with Crippen LogP contribution in [0.1, 0.15) is 18.0 Å². The number of nitrogens with zero attached hydrogens (tertiary/aromatic N) is 1. The number of aliphatic carboxylic acids is 1. The standard InChI is InChI=1S/C9H8BrNO2/c10-8-3-1-2-7(11-8)5-4-6(5)9(12)13/h1-3,5-6H,4H2,(H,12,13)/t5-,6+/m0/s1. The lowest BCUT2D eigenvalue weighted by atomic mass is 10.2. The van der Waals surface area contributed by atoms with Crippen LogP contribution in [-0.4, -0.2) is 16.1 Å². The number of halogens is 1. The average molecular weight is 242 g/mol. The molecule has 0 unspecified atom stereocenters. The van der Waals surface area contributed by atoms with E-state index in [-0.39, 0.29) is 11.8 Å². The summed E-state index contributed by atoms with van der Waals surface area (Å²) in [5.74, 6) is -0.816. The number of rotatable bonds is 2. The summed E-state index contributed by atoms with van der Waals surface area (Å²) >= 11 is 3.26. The van der Waals surface area contributed by atoms with Crippen molar-refractivity contribution in [3.8, 4) is 0 Å². The Labute approximate surface area is 83.9 Å². The first-order valence-corrected chi connectivity index (χ1v) is 4.83. The highest BCUT2D eigenvalue weighted by molar-refractivity contribution is 9.10. The van der Waals surface area contributed by atoms with Gasteiger partial charge in [0.05, 0.1) is 5.92 Å². The third-order valence-corrected chi connectivity index (χ3v) is 2.67. The molecule has 0 aromatic carbocycles. The van der Waals surface area contributed by atoms with E-state index < -0.39 is 5.97 Å². The zero-order valence-corrected chi connectivity index (χ0v) is 8.36. The number of carboxylic acid groups (broad SMARTS) is 1. The number of hydrogen-bond donors (Lipinski definition) is 1. The molecular formula is C9H8BrNO2. The lowest BCUT2D eigenvalue weighted by molar-refractivity contribution is -0.138. The van der Waals surface area contributed by atoms with Crippen LogP contribution in [0.4, 0.5) is 0 Å². The van der Waals surface area contributed by atoms with E-state index in [4.69, 9.17) is 5.11 Å². The van der Waals surface area contributed by atoms with Crippen LogP contribution < -0.4 is 0 Å². The normalized spacial score (nSPS) is 25.6. The van der Waals surface area contributed by atoms with Crippen LogP contribution in [0.25, 0.3) is 0 Å². The van der Waals surface area contributed by atoms with Gasteiger partial charge in [-0.3, -0.25) is 4.79 Å². The smallest absolute Gasteiger partial charge is 0.307 e. The van der Waals surface area contributed by atoms with Crippen molar-refractivity contribution in [1.82, 2.24) is 4.98 Å². The van der Waals surface area contributed by atoms with Gasteiger partial charge in [-0.25, -0.2) is 4.98 Å². The molecule has 1 aromatic rings. The molecular weight excluding hydrogens is 234 g/mol. The maximum Gasteiger partial charge on any atom is 0.307 e. The summed E-state index contributed by atoms with van der Waals surface area (Å²) in [5.41, 5.74) is 0.877. The fourth-order valence-electron chi connectivity index (χ4n) is 1.43. The van der Waals surface area contributed by atoms with E-state index in [1.54, 1.807) is 0 Å². The predicted molar refractivity (Wildman–Crippen MR) is 50.4 cm³/mol. The highest BCUT2D eigenvalue weighted by Crippen LogP contribution is 2.46. The molecule has 0 bridgehead atoms. The van der Waals surface area contributed by atoms with Gasteiger partial charge in [-0.2, -0.15) is 0 Å². The van der Waals surface area contributed by atoms with Gasteiger partial charge < -0.3 is 5.11 Å². The van der Waals surface area contributed by atoms with Gasteiger partial charge in [-0.15, -0.1) is 0 Å². The van der Waals surface area contributed by atoms with Crippen LogP contribution in [0.15, 0.2) is 22.8 Å². The maximum absolute atomic E-state index is 10.6. The van der Waals surface area contributed by atoms with Crippen molar-refractivity contribution in [2.45, 2.75) is 12.3 Å². The van der Waals surface area contributed by atoms with Crippen molar-refractivity contribution in [2.24, 2.45) is 5.92 Å². The number of pyridine rings is 1. The van der Waals surface area contributed by atoms with E-state index >= 15 is 0 Å². The Balaban J connectivity index is 2.16. The van der Waals surface area contributed by atoms with E-state index in [1.165, 1.54) is 0 Å². The van der Waals surface area contributed by atoms with Crippen LogP contribution in [-0.2, 0) is 4.79 Å². The molecule has 0 spiro atoms. The first-order chi connectivity index (χ1) is 6.18. The molecule has 0 radical (unpaired) electrons. The number of carboxylic acids is 1. The minimum absolute atomic E-state index is 0.120. The largest absolute Gasteiger partial charge is 0.481 e. The summed E-state index contributed by atoms with van der Waals surface area (Å²) in [5, 5.41) is 8.71. The monoisotopic (exact) mass is 241 g/mol. The molecule has 2 rings (SSSR count). The molecule has 1 aliphatic carbocycles. The van der Waals surface area contributed by atoms with Gasteiger partial charge in [0, 0.05) is 11.6 Å². The maximum atomic E-state index is 10.6. The Hall–Kier alpha value is -0.900. The van der Waals surface area contributed by atoms with E-state index in [0.29, 0.717) is 0 Å². The van der Waals surface area contributed by atoms with Crippen molar-refractivity contribution < 1.29 is 9.90 Å². The number of hydrogen-bond acceptors (Lipinski definition) is 2. The Bertz CT molecular complexity index is 353. The molecule has 3 nitrogen and oxygen atoms in total. The van der Waals surface area contributed by atoms with Gasteiger partial charge in [0.2, 0.25) is 0 Å². The van der Waals surface area contributed by atoms with Gasteiger partial charge in [0.15, 0.2) is 0 Å². The fourth-order valence-corrected chi connectivity index (χ4v) is 1.78. The second-order valence-corrected chi connectivity index (χ2v) is 3.98. The second kappa shape index (κ2) is 3.10. The quantitative estimate of drug-likeness (QED) is 0.807. The molecule has 1 aromatic heterocycles. The van der Waals surface area contributed by atoms with Crippen molar-refractivity contribution in [2.75, 3.05) is 0 Å². The summed E-state index contributed by atoms with van der Waals surface area (Å²) in [6.45, 7) is 0. The van der Waals surface area contributed by atoms with Crippen molar-refractivity contribution in [1.29, 1.82) is 0 Å². The second-order valence-electron chi connectivity index (χ2n) is 3.17. The van der Waals surface area contributed by atoms with E-state index in [0.717, 1.165) is 16.7 Å². The third-order valence-electron chi connectivity index (χ3n) is 2.22. The van der Waals surface area contributed by atoms with Crippen molar-refractivity contribution >= 4 is 21.9 Å². The first-order valence-electron chi connectivity index (χ1n) is 4.04. The molecule has 1 heterocycles. The molecule has 1 N–H and O–H groups in total. The Kier molecular flexibility index (Phi) is 2.07. The zero-order chi connectivity index (χ0) is 9.42. The Morgan fingerprint density at radius 3 is 2.92 bits per heavy atom. The topological polar surface area (TPSA) is 50.2 Å². The van der Waals surface area contributed by atoms with Gasteiger partial charge in [0.1, 0.15) is 4.60 Å². The number of aromatic nitrogens is 1. The summed E-state index contributed by atoms with van der Waals surface area (Å²) in [7, 11) is 0. The summed E-state index contributed by atoms with van der Waals surface area (Å²) < 4.78 is 0.765. The first kappa shape index (κ1) is 8.69. The SMILES string of the molecule is O=C(O)[C@@H]1C[C@@H]1c1cccc(Br)n1. The van der Waals surface area contributed by atoms with E-state index in [9.17, 15) is 4.79 Å². The molecule has 1 fully saturated rings. The molecule has 13 heavy (non-hydrogen) atoms. The highest BCUT2D eigenvalue weighted by atomic mass is 79.9. The lowest BCUT2D eigenvalue weighted by Gasteiger charge is -1.97. The van der Waals surface area contributed by atoms with Crippen LogP contribution in [0.3, 0.4) is 0 Å². The van der Waals surface area contributed by atoms with Crippen LogP contribution in [0.2, 0.25) is 0 Å². The summed E-state index contributed by atoms with van der Waals surface area (Å²) in [6, 6.07) is 5.59. The zero-order valence-electron chi connectivity index (χ0n) is 6.77. The third kappa shape index (κ3) is 1.72. The molecule has 0 amide bonds. The fraction of sp³-hybridized carbons (Fsp3) is 0.333. The predicted octanol–water partition coefficient (Wildman–Crippen LogP) is 2.03. The average Bonchev–Trinajstić information content (AvgIpc) is 2.82. The van der Waals surface area contributed by atoms with Crippen molar-refractivity contribution in [3.63, 3.8) is 0 Å². The van der Waals surface area contributed by atoms with Crippen molar-refractivity contribution in [3.05, 3.63) is 28.5 Å². The van der Waals surface area contributed by atoms with Gasteiger partial charge in [-0.05, 0) is 34.5 Å². The Morgan fingerprint density at radius 1 is 1.62 bits per heavy atom. The van der Waals surface area contributed by atoms with E-state index in [1.807, 2.05) is 18.2 Å². The minimum atomic E-state index is -0.716.